The standard InChI is InChI=1S/C19H29N3O4S/c1-2-27(25,26)20-17-12-16(19(23)24)7-8-18(17)22-11-5-6-15(14-22)13-21-9-3-4-10-21/h7-8,12,15,20H,2-6,9-11,13-14H2,1H3,(H,23,24)/t15-/m0/s1. The van der Waals surface area contributed by atoms with E-state index in [1.165, 1.54) is 38.4 Å². The van der Waals surface area contributed by atoms with Crippen LogP contribution in [0.2, 0.25) is 0 Å². The Kier molecular flexibility index (Phi) is 6.26. The normalized spacial score (nSPS) is 21.4. The van der Waals surface area contributed by atoms with Crippen LogP contribution in [0, 0.1) is 5.92 Å². The topological polar surface area (TPSA) is 89.9 Å². The Morgan fingerprint density at radius 1 is 1.22 bits per heavy atom. The van der Waals surface area contributed by atoms with Crippen LogP contribution in [0.3, 0.4) is 0 Å². The molecule has 1 atom stereocenters. The van der Waals surface area contributed by atoms with E-state index in [1.807, 2.05) is 0 Å². The highest BCUT2D eigenvalue weighted by Gasteiger charge is 2.26. The molecule has 1 aromatic carbocycles. The van der Waals surface area contributed by atoms with E-state index in [0.717, 1.165) is 31.7 Å². The molecule has 2 aliphatic rings. The first-order chi connectivity index (χ1) is 12.9. The summed E-state index contributed by atoms with van der Waals surface area (Å²) in [7, 11) is -3.49. The van der Waals surface area contributed by atoms with Gasteiger partial charge in [-0.3, -0.25) is 4.72 Å². The minimum atomic E-state index is -3.49. The third-order valence-corrected chi connectivity index (χ3v) is 6.75. The van der Waals surface area contributed by atoms with Crippen molar-refractivity contribution < 1.29 is 18.3 Å². The van der Waals surface area contributed by atoms with Crippen molar-refractivity contribution in [2.24, 2.45) is 5.92 Å². The molecule has 150 valence electrons. The van der Waals surface area contributed by atoms with E-state index in [1.54, 1.807) is 19.1 Å². The number of piperidine rings is 1. The lowest BCUT2D eigenvalue weighted by Crippen LogP contribution is -2.40. The lowest BCUT2D eigenvalue weighted by molar-refractivity contribution is 0.0697. The predicted octanol–water partition coefficient (Wildman–Crippen LogP) is 2.46. The van der Waals surface area contributed by atoms with Crippen LogP contribution in [0.25, 0.3) is 0 Å². The molecular formula is C19H29N3O4S. The summed E-state index contributed by atoms with van der Waals surface area (Å²) in [5.74, 6) is -0.572. The van der Waals surface area contributed by atoms with E-state index in [9.17, 15) is 18.3 Å². The second kappa shape index (κ2) is 8.48. The number of anilines is 2. The molecule has 7 nitrogen and oxygen atoms in total. The van der Waals surface area contributed by atoms with Gasteiger partial charge in [-0.05, 0) is 69.8 Å². The smallest absolute Gasteiger partial charge is 0.335 e. The molecule has 0 amide bonds. The molecular weight excluding hydrogens is 366 g/mol. The number of carbonyl (C=O) groups is 1. The quantitative estimate of drug-likeness (QED) is 0.737. The van der Waals surface area contributed by atoms with Crippen molar-refractivity contribution in [3.63, 3.8) is 0 Å². The van der Waals surface area contributed by atoms with E-state index in [-0.39, 0.29) is 11.3 Å². The number of likely N-dealkylation sites (tertiary alicyclic amines) is 1. The van der Waals surface area contributed by atoms with E-state index < -0.39 is 16.0 Å². The zero-order valence-electron chi connectivity index (χ0n) is 15.9. The molecule has 8 heteroatoms. The van der Waals surface area contributed by atoms with E-state index >= 15 is 0 Å². The van der Waals surface area contributed by atoms with Gasteiger partial charge >= 0.3 is 5.97 Å². The Morgan fingerprint density at radius 2 is 1.96 bits per heavy atom. The second-order valence-electron chi connectivity index (χ2n) is 7.50. The lowest BCUT2D eigenvalue weighted by atomic mass is 9.96. The van der Waals surface area contributed by atoms with Gasteiger partial charge in [0.25, 0.3) is 0 Å². The minimum absolute atomic E-state index is 0.0542. The highest BCUT2D eigenvalue weighted by molar-refractivity contribution is 7.92. The van der Waals surface area contributed by atoms with Gasteiger partial charge in [0.1, 0.15) is 0 Å². The molecule has 0 spiro atoms. The number of hydrogen-bond donors (Lipinski definition) is 2. The molecule has 27 heavy (non-hydrogen) atoms. The van der Waals surface area contributed by atoms with E-state index in [4.69, 9.17) is 0 Å². The lowest BCUT2D eigenvalue weighted by Gasteiger charge is -2.37. The number of aromatic carboxylic acids is 1. The van der Waals surface area contributed by atoms with Gasteiger partial charge in [0.05, 0.1) is 22.7 Å². The van der Waals surface area contributed by atoms with Gasteiger partial charge in [-0.1, -0.05) is 0 Å². The van der Waals surface area contributed by atoms with Crippen LogP contribution in [0.15, 0.2) is 18.2 Å². The Morgan fingerprint density at radius 3 is 2.63 bits per heavy atom. The second-order valence-corrected chi connectivity index (χ2v) is 9.52. The van der Waals surface area contributed by atoms with Crippen molar-refractivity contribution in [2.75, 3.05) is 48.1 Å². The molecule has 2 aliphatic heterocycles. The molecule has 0 aliphatic carbocycles. The molecule has 0 aromatic heterocycles. The molecule has 3 rings (SSSR count). The average molecular weight is 396 g/mol. The molecule has 2 heterocycles. The van der Waals surface area contributed by atoms with Crippen LogP contribution >= 0.6 is 0 Å². The van der Waals surface area contributed by atoms with E-state index in [2.05, 4.69) is 14.5 Å². The molecule has 1 aromatic rings. The third-order valence-electron chi connectivity index (χ3n) is 5.46. The Labute approximate surface area is 161 Å². The fourth-order valence-electron chi connectivity index (χ4n) is 4.03. The van der Waals surface area contributed by atoms with Crippen molar-refractivity contribution >= 4 is 27.4 Å². The van der Waals surface area contributed by atoms with Gasteiger partial charge in [-0.15, -0.1) is 0 Å². The van der Waals surface area contributed by atoms with Crippen LogP contribution in [0.4, 0.5) is 11.4 Å². The number of nitrogens with one attached hydrogen (secondary N) is 1. The zero-order chi connectivity index (χ0) is 19.4. The van der Waals surface area contributed by atoms with Crippen LogP contribution in [-0.2, 0) is 10.0 Å². The van der Waals surface area contributed by atoms with Gasteiger partial charge in [0, 0.05) is 19.6 Å². The van der Waals surface area contributed by atoms with Gasteiger partial charge in [-0.25, -0.2) is 13.2 Å². The summed E-state index contributed by atoms with van der Waals surface area (Å²) in [5.41, 5.74) is 1.21. The molecule has 0 bridgehead atoms. The van der Waals surface area contributed by atoms with E-state index in [0.29, 0.717) is 11.6 Å². The number of benzene rings is 1. The van der Waals surface area contributed by atoms with Gasteiger partial charge in [0.15, 0.2) is 0 Å². The summed E-state index contributed by atoms with van der Waals surface area (Å²) in [6.45, 7) is 6.71. The number of sulfonamides is 1. The fourth-order valence-corrected chi connectivity index (χ4v) is 4.67. The van der Waals surface area contributed by atoms with Gasteiger partial charge in [0.2, 0.25) is 10.0 Å². The highest BCUT2D eigenvalue weighted by atomic mass is 32.2. The van der Waals surface area contributed by atoms with Crippen molar-refractivity contribution in [2.45, 2.75) is 32.6 Å². The summed E-state index contributed by atoms with van der Waals surface area (Å²) >= 11 is 0. The fraction of sp³-hybridized carbons (Fsp3) is 0.632. The SMILES string of the molecule is CCS(=O)(=O)Nc1cc(C(=O)O)ccc1N1CCC[C@@H](CN2CCCC2)C1. The van der Waals surface area contributed by atoms with Crippen LogP contribution in [0.1, 0.15) is 43.0 Å². The average Bonchev–Trinajstić information content (AvgIpc) is 3.14. The molecule has 0 saturated carbocycles. The largest absolute Gasteiger partial charge is 0.478 e. The van der Waals surface area contributed by atoms with Gasteiger partial charge < -0.3 is 14.9 Å². The monoisotopic (exact) mass is 395 g/mol. The molecule has 2 saturated heterocycles. The summed E-state index contributed by atoms with van der Waals surface area (Å²) in [6, 6.07) is 4.70. The van der Waals surface area contributed by atoms with Crippen molar-refractivity contribution in [1.29, 1.82) is 0 Å². The first-order valence-electron chi connectivity index (χ1n) is 9.73. The first kappa shape index (κ1) is 19.9. The highest BCUT2D eigenvalue weighted by Crippen LogP contribution is 2.32. The maximum atomic E-state index is 12.1. The Balaban J connectivity index is 1.81. The maximum absolute atomic E-state index is 12.1. The number of carboxylic acid groups (broad SMARTS) is 1. The molecule has 2 fully saturated rings. The van der Waals surface area contributed by atoms with Crippen molar-refractivity contribution in [3.05, 3.63) is 23.8 Å². The summed E-state index contributed by atoms with van der Waals surface area (Å²) in [4.78, 5) is 16.0. The summed E-state index contributed by atoms with van der Waals surface area (Å²) < 4.78 is 26.8. The molecule has 2 N–H and O–H groups in total. The van der Waals surface area contributed by atoms with Gasteiger partial charge in [-0.2, -0.15) is 0 Å². The first-order valence-corrected chi connectivity index (χ1v) is 11.4. The maximum Gasteiger partial charge on any atom is 0.335 e. The van der Waals surface area contributed by atoms with Crippen LogP contribution in [-0.4, -0.2) is 62.9 Å². The van der Waals surface area contributed by atoms with Crippen LogP contribution in [0.5, 0.6) is 0 Å². The Bertz CT molecular complexity index is 775. The molecule has 0 radical (unpaired) electrons. The summed E-state index contributed by atoms with van der Waals surface area (Å²) in [6.07, 6.45) is 4.78. The molecule has 0 unspecified atom stereocenters. The Hall–Kier alpha value is -1.80. The number of nitrogens with zero attached hydrogens (tertiary/aromatic N) is 2. The zero-order valence-corrected chi connectivity index (χ0v) is 16.7. The van der Waals surface area contributed by atoms with Crippen molar-refractivity contribution in [3.8, 4) is 0 Å². The number of hydrogen-bond acceptors (Lipinski definition) is 5. The minimum Gasteiger partial charge on any atom is -0.478 e. The van der Waals surface area contributed by atoms with Crippen molar-refractivity contribution in [1.82, 2.24) is 4.90 Å². The van der Waals surface area contributed by atoms with Crippen LogP contribution < -0.4 is 9.62 Å². The summed E-state index contributed by atoms with van der Waals surface area (Å²) in [5, 5.41) is 9.27. The third kappa shape index (κ3) is 5.13. The number of rotatable bonds is 7. The number of carboxylic acids is 1. The predicted molar refractivity (Wildman–Crippen MR) is 107 cm³/mol.